The monoisotopic (exact) mass is 228 g/mol. The highest BCUT2D eigenvalue weighted by Gasteiger charge is 2.27. The molecule has 1 amide bonds. The molecule has 1 heterocycles. The molecule has 0 radical (unpaired) electrons. The van der Waals surface area contributed by atoms with Crippen molar-refractivity contribution in [2.24, 2.45) is 5.92 Å². The van der Waals surface area contributed by atoms with Crippen LogP contribution >= 0.6 is 0 Å². The molecule has 5 nitrogen and oxygen atoms in total. The van der Waals surface area contributed by atoms with Crippen LogP contribution in [0.4, 0.5) is 0 Å². The fraction of sp³-hybridized carbons (Fsp3) is 0.818. The molecule has 0 saturated carbocycles. The van der Waals surface area contributed by atoms with E-state index < -0.39 is 12.0 Å². The molecule has 0 spiro atoms. The minimum absolute atomic E-state index is 0.00593. The molecule has 1 rings (SSSR count). The number of carbonyl (C=O) groups excluding carboxylic acids is 1. The van der Waals surface area contributed by atoms with Crippen molar-refractivity contribution in [2.75, 3.05) is 6.54 Å². The van der Waals surface area contributed by atoms with Gasteiger partial charge < -0.3 is 15.7 Å². The second kappa shape index (κ2) is 5.84. The molecular formula is C11H20N2O3. The molecule has 1 saturated heterocycles. The number of amides is 1. The molecule has 0 unspecified atom stereocenters. The summed E-state index contributed by atoms with van der Waals surface area (Å²) in [5.41, 5.74) is 0. The molecule has 0 aromatic heterocycles. The highest BCUT2D eigenvalue weighted by Crippen LogP contribution is 2.10. The van der Waals surface area contributed by atoms with Crippen molar-refractivity contribution in [1.82, 2.24) is 10.6 Å². The van der Waals surface area contributed by atoms with E-state index in [0.717, 1.165) is 6.42 Å². The average Bonchev–Trinajstić information content (AvgIpc) is 2.16. The standard InChI is InChI=1S/C11H20N2O3/c1-7(2)5-10(14)13-8-3-4-12-9(6-8)11(15)16/h7-9,12H,3-6H2,1-2H3,(H,13,14)(H,15,16)/t8-,9+/m0/s1. The zero-order valence-corrected chi connectivity index (χ0v) is 9.82. The second-order valence-electron chi connectivity index (χ2n) is 4.73. The molecule has 1 fully saturated rings. The van der Waals surface area contributed by atoms with Gasteiger partial charge in [-0.3, -0.25) is 9.59 Å². The van der Waals surface area contributed by atoms with E-state index in [1.807, 2.05) is 13.8 Å². The number of carboxylic acid groups (broad SMARTS) is 1. The minimum Gasteiger partial charge on any atom is -0.480 e. The number of nitrogens with one attached hydrogen (secondary N) is 2. The van der Waals surface area contributed by atoms with Crippen molar-refractivity contribution < 1.29 is 14.7 Å². The Morgan fingerprint density at radius 2 is 2.19 bits per heavy atom. The van der Waals surface area contributed by atoms with E-state index in [2.05, 4.69) is 10.6 Å². The third-order valence-corrected chi connectivity index (χ3v) is 2.66. The van der Waals surface area contributed by atoms with Crippen molar-refractivity contribution in [2.45, 2.75) is 45.2 Å². The molecule has 0 aromatic rings. The first-order chi connectivity index (χ1) is 7.49. The lowest BCUT2D eigenvalue weighted by Crippen LogP contribution is -2.50. The topological polar surface area (TPSA) is 78.4 Å². The predicted molar refractivity (Wildman–Crippen MR) is 60.0 cm³/mol. The normalized spacial score (nSPS) is 25.4. The second-order valence-corrected chi connectivity index (χ2v) is 4.73. The first-order valence-electron chi connectivity index (χ1n) is 5.74. The van der Waals surface area contributed by atoms with Crippen molar-refractivity contribution in [3.63, 3.8) is 0 Å². The van der Waals surface area contributed by atoms with Crippen LogP contribution in [0.15, 0.2) is 0 Å². The molecule has 1 aliphatic heterocycles. The summed E-state index contributed by atoms with van der Waals surface area (Å²) in [5, 5.41) is 14.7. The zero-order valence-electron chi connectivity index (χ0n) is 9.82. The summed E-state index contributed by atoms with van der Waals surface area (Å²) in [5.74, 6) is -0.495. The maximum absolute atomic E-state index is 11.5. The Balaban J connectivity index is 2.37. The summed E-state index contributed by atoms with van der Waals surface area (Å²) in [6.07, 6.45) is 1.77. The van der Waals surface area contributed by atoms with Gasteiger partial charge in [-0.15, -0.1) is 0 Å². The summed E-state index contributed by atoms with van der Waals surface area (Å²) in [6, 6.07) is -0.535. The molecule has 1 aliphatic rings. The molecule has 0 aromatic carbocycles. The van der Waals surface area contributed by atoms with Gasteiger partial charge in [0, 0.05) is 12.5 Å². The van der Waals surface area contributed by atoms with Gasteiger partial charge in [-0.25, -0.2) is 0 Å². The van der Waals surface area contributed by atoms with Gasteiger partial charge in [0.2, 0.25) is 5.91 Å². The third kappa shape index (κ3) is 4.18. The number of rotatable bonds is 4. The lowest BCUT2D eigenvalue weighted by molar-refractivity contribution is -0.140. The maximum Gasteiger partial charge on any atom is 0.320 e. The van der Waals surface area contributed by atoms with Crippen LogP contribution in [0.5, 0.6) is 0 Å². The van der Waals surface area contributed by atoms with Crippen LogP contribution in [0.1, 0.15) is 33.1 Å². The summed E-state index contributed by atoms with van der Waals surface area (Å²) in [6.45, 7) is 4.62. The summed E-state index contributed by atoms with van der Waals surface area (Å²) in [4.78, 5) is 22.3. The quantitative estimate of drug-likeness (QED) is 0.649. The Morgan fingerprint density at radius 3 is 2.75 bits per heavy atom. The largest absolute Gasteiger partial charge is 0.480 e. The van der Waals surface area contributed by atoms with Gasteiger partial charge in [-0.2, -0.15) is 0 Å². The number of aliphatic carboxylic acids is 1. The number of hydrogen-bond acceptors (Lipinski definition) is 3. The number of hydrogen-bond donors (Lipinski definition) is 3. The zero-order chi connectivity index (χ0) is 12.1. The van der Waals surface area contributed by atoms with Crippen LogP contribution in [0.2, 0.25) is 0 Å². The molecule has 0 bridgehead atoms. The van der Waals surface area contributed by atoms with Crippen LogP contribution in [0, 0.1) is 5.92 Å². The van der Waals surface area contributed by atoms with Crippen LogP contribution in [0.3, 0.4) is 0 Å². The van der Waals surface area contributed by atoms with Gasteiger partial charge in [0.15, 0.2) is 0 Å². The van der Waals surface area contributed by atoms with Crippen LogP contribution in [-0.4, -0.2) is 35.6 Å². The van der Waals surface area contributed by atoms with Crippen molar-refractivity contribution in [3.8, 4) is 0 Å². The van der Waals surface area contributed by atoms with Crippen molar-refractivity contribution in [3.05, 3.63) is 0 Å². The van der Waals surface area contributed by atoms with Gasteiger partial charge in [0.25, 0.3) is 0 Å². The Hall–Kier alpha value is -1.10. The van der Waals surface area contributed by atoms with Gasteiger partial charge in [0.05, 0.1) is 0 Å². The van der Waals surface area contributed by atoms with Crippen molar-refractivity contribution in [1.29, 1.82) is 0 Å². The average molecular weight is 228 g/mol. The predicted octanol–water partition coefficient (Wildman–Crippen LogP) is 0.354. The lowest BCUT2D eigenvalue weighted by Gasteiger charge is -2.28. The van der Waals surface area contributed by atoms with Gasteiger partial charge in [-0.05, 0) is 25.3 Å². The maximum atomic E-state index is 11.5. The van der Waals surface area contributed by atoms with E-state index in [9.17, 15) is 9.59 Å². The highest BCUT2D eigenvalue weighted by molar-refractivity contribution is 5.77. The van der Waals surface area contributed by atoms with Gasteiger partial charge in [-0.1, -0.05) is 13.8 Å². The number of carbonyl (C=O) groups is 2. The Bertz CT molecular complexity index is 266. The van der Waals surface area contributed by atoms with E-state index in [-0.39, 0.29) is 11.9 Å². The molecular weight excluding hydrogens is 208 g/mol. The van der Waals surface area contributed by atoms with E-state index >= 15 is 0 Å². The summed E-state index contributed by atoms with van der Waals surface area (Å²) >= 11 is 0. The van der Waals surface area contributed by atoms with E-state index in [4.69, 9.17) is 5.11 Å². The summed E-state index contributed by atoms with van der Waals surface area (Å²) < 4.78 is 0. The molecule has 3 N–H and O–H groups in total. The van der Waals surface area contributed by atoms with Gasteiger partial charge in [0.1, 0.15) is 6.04 Å². The van der Waals surface area contributed by atoms with E-state index in [1.165, 1.54) is 0 Å². The fourth-order valence-electron chi connectivity index (χ4n) is 1.89. The first kappa shape index (κ1) is 13.0. The number of carboxylic acids is 1. The number of piperidine rings is 1. The molecule has 0 aliphatic carbocycles. The molecule has 2 atom stereocenters. The van der Waals surface area contributed by atoms with Crippen LogP contribution < -0.4 is 10.6 Å². The highest BCUT2D eigenvalue weighted by atomic mass is 16.4. The molecule has 92 valence electrons. The fourth-order valence-corrected chi connectivity index (χ4v) is 1.89. The SMILES string of the molecule is CC(C)CC(=O)N[C@H]1CCN[C@@H](C(=O)O)C1. The Kier molecular flexibility index (Phi) is 4.73. The molecule has 16 heavy (non-hydrogen) atoms. The third-order valence-electron chi connectivity index (χ3n) is 2.66. The smallest absolute Gasteiger partial charge is 0.320 e. The van der Waals surface area contributed by atoms with E-state index in [0.29, 0.717) is 25.3 Å². The minimum atomic E-state index is -0.845. The molecule has 5 heteroatoms. The van der Waals surface area contributed by atoms with Crippen LogP contribution in [0.25, 0.3) is 0 Å². The lowest BCUT2D eigenvalue weighted by atomic mass is 9.99. The van der Waals surface area contributed by atoms with Crippen LogP contribution in [-0.2, 0) is 9.59 Å². The summed E-state index contributed by atoms with van der Waals surface area (Å²) in [7, 11) is 0. The Morgan fingerprint density at radius 1 is 1.50 bits per heavy atom. The van der Waals surface area contributed by atoms with Gasteiger partial charge >= 0.3 is 5.97 Å². The first-order valence-corrected chi connectivity index (χ1v) is 5.74. The Labute approximate surface area is 95.6 Å². The van der Waals surface area contributed by atoms with Crippen molar-refractivity contribution >= 4 is 11.9 Å². The van der Waals surface area contributed by atoms with E-state index in [1.54, 1.807) is 0 Å².